The molecule has 0 bridgehead atoms. The van der Waals surface area contributed by atoms with Gasteiger partial charge < -0.3 is 32.2 Å². The Kier molecular flexibility index (Phi) is 16.2. The maximum absolute atomic E-state index is 13.6. The zero-order valence-corrected chi connectivity index (χ0v) is 26.3. The summed E-state index contributed by atoms with van der Waals surface area (Å²) in [4.78, 5) is 65.3. The van der Waals surface area contributed by atoms with E-state index in [9.17, 15) is 29.3 Å². The first-order valence-electron chi connectivity index (χ1n) is 14.8. The molecule has 0 aliphatic heterocycles. The Balaban J connectivity index is 2.16. The third-order valence-corrected chi connectivity index (χ3v) is 6.36. The minimum atomic E-state index is -1.07. The number of amides is 5. The predicted molar refractivity (Wildman–Crippen MR) is 174 cm³/mol. The SMILES string of the molecule is CC(C)C[C@H](NC(=O)[C@H](Cc1ccccc1)NC(=O)OCc1ccccc1)C(=O)N[C@H](/C=N/NC(N)=O)CCCN=C(N)N[N+](=O)[O-]. The van der Waals surface area contributed by atoms with Crippen molar-refractivity contribution in [3.05, 3.63) is 81.9 Å². The second-order valence-electron chi connectivity index (χ2n) is 10.8. The second-order valence-corrected chi connectivity index (χ2v) is 10.8. The molecule has 0 aromatic heterocycles. The summed E-state index contributed by atoms with van der Waals surface area (Å²) in [6.45, 7) is 3.84. The number of nitrogens with zero attached hydrogens (tertiary/aromatic N) is 3. The topological polar surface area (TPSA) is 258 Å². The molecule has 0 fully saturated rings. The quantitative estimate of drug-likeness (QED) is 0.0398. The molecule has 2 aromatic rings. The van der Waals surface area contributed by atoms with Gasteiger partial charge in [0.2, 0.25) is 11.8 Å². The minimum Gasteiger partial charge on any atom is -0.445 e. The van der Waals surface area contributed by atoms with Crippen molar-refractivity contribution in [2.24, 2.45) is 27.5 Å². The van der Waals surface area contributed by atoms with E-state index in [0.29, 0.717) is 6.42 Å². The van der Waals surface area contributed by atoms with Gasteiger partial charge in [-0.2, -0.15) is 5.10 Å². The highest BCUT2D eigenvalue weighted by molar-refractivity contribution is 5.92. The molecule has 0 aliphatic rings. The van der Waals surface area contributed by atoms with Crippen LogP contribution in [0.1, 0.15) is 44.2 Å². The van der Waals surface area contributed by atoms with E-state index in [0.717, 1.165) is 11.1 Å². The number of urea groups is 1. The Morgan fingerprint density at radius 2 is 1.53 bits per heavy atom. The number of carbonyl (C=O) groups excluding carboxylic acids is 4. The van der Waals surface area contributed by atoms with Crippen molar-refractivity contribution in [3.8, 4) is 0 Å². The number of primary amides is 1. The first kappa shape index (κ1) is 37.4. The summed E-state index contributed by atoms with van der Waals surface area (Å²) in [7, 11) is 0. The van der Waals surface area contributed by atoms with Crippen molar-refractivity contribution in [3.63, 3.8) is 0 Å². The van der Waals surface area contributed by atoms with E-state index >= 15 is 0 Å². The third-order valence-electron chi connectivity index (χ3n) is 6.36. The van der Waals surface area contributed by atoms with Gasteiger partial charge in [0, 0.05) is 19.2 Å². The molecule has 2 rings (SSSR count). The second kappa shape index (κ2) is 20.3. The fourth-order valence-corrected chi connectivity index (χ4v) is 4.24. The molecule has 0 radical (unpaired) electrons. The molecular weight excluding hydrogens is 612 g/mol. The van der Waals surface area contributed by atoms with E-state index in [1.807, 2.05) is 50.2 Å². The van der Waals surface area contributed by atoms with Crippen molar-refractivity contribution < 1.29 is 28.9 Å². The number of aliphatic imine (C=N–C) groups is 1. The van der Waals surface area contributed by atoms with Gasteiger partial charge in [-0.3, -0.25) is 9.59 Å². The zero-order valence-electron chi connectivity index (χ0n) is 26.3. The molecule has 9 N–H and O–H groups in total. The number of hydrogen-bond acceptors (Lipinski definition) is 9. The van der Waals surface area contributed by atoms with Crippen LogP contribution in [0.2, 0.25) is 0 Å². The Bertz CT molecular complexity index is 1370. The lowest BCUT2D eigenvalue weighted by Gasteiger charge is -2.25. The average molecular weight is 655 g/mol. The maximum Gasteiger partial charge on any atom is 0.408 e. The molecule has 47 heavy (non-hydrogen) atoms. The number of benzene rings is 2. The van der Waals surface area contributed by atoms with Gasteiger partial charge in [0.05, 0.1) is 6.04 Å². The van der Waals surface area contributed by atoms with Crippen LogP contribution >= 0.6 is 0 Å². The lowest BCUT2D eigenvalue weighted by Crippen LogP contribution is -2.56. The van der Waals surface area contributed by atoms with E-state index in [1.165, 1.54) is 6.21 Å². The number of nitrogens with one attached hydrogen (secondary N) is 5. The van der Waals surface area contributed by atoms with E-state index in [-0.39, 0.29) is 44.3 Å². The maximum atomic E-state index is 13.6. The zero-order chi connectivity index (χ0) is 34.6. The number of ether oxygens (including phenoxy) is 1. The summed E-state index contributed by atoms with van der Waals surface area (Å²) in [5, 5.41) is 21.5. The summed E-state index contributed by atoms with van der Waals surface area (Å²) in [5.41, 5.74) is 15.8. The van der Waals surface area contributed by atoms with Gasteiger partial charge in [-0.15, -0.1) is 0 Å². The molecular formula is C30H42N10O7. The van der Waals surface area contributed by atoms with Gasteiger partial charge in [-0.1, -0.05) is 79.9 Å². The number of carbonyl (C=O) groups is 4. The number of hydrogen-bond donors (Lipinski definition) is 7. The number of hydrazone groups is 1. The highest BCUT2D eigenvalue weighted by Crippen LogP contribution is 2.10. The molecule has 254 valence electrons. The predicted octanol–water partition coefficient (Wildman–Crippen LogP) is 1.07. The smallest absolute Gasteiger partial charge is 0.408 e. The molecule has 0 saturated carbocycles. The van der Waals surface area contributed by atoms with Crippen molar-refractivity contribution in [1.82, 2.24) is 26.8 Å². The summed E-state index contributed by atoms with van der Waals surface area (Å²) >= 11 is 0. The van der Waals surface area contributed by atoms with Gasteiger partial charge in [-0.05, 0) is 36.3 Å². The van der Waals surface area contributed by atoms with Crippen LogP contribution < -0.4 is 38.3 Å². The van der Waals surface area contributed by atoms with Crippen LogP contribution in [0.3, 0.4) is 0 Å². The Labute approximate surface area is 272 Å². The van der Waals surface area contributed by atoms with Gasteiger partial charge >= 0.3 is 12.1 Å². The van der Waals surface area contributed by atoms with Gasteiger partial charge in [-0.25, -0.2) is 30.1 Å². The molecule has 0 spiro atoms. The highest BCUT2D eigenvalue weighted by atomic mass is 16.7. The van der Waals surface area contributed by atoms with E-state index in [4.69, 9.17) is 16.2 Å². The van der Waals surface area contributed by atoms with Crippen LogP contribution in [-0.2, 0) is 27.4 Å². The highest BCUT2D eigenvalue weighted by Gasteiger charge is 2.29. The van der Waals surface area contributed by atoms with Gasteiger partial charge in [0.25, 0.3) is 5.96 Å². The Morgan fingerprint density at radius 3 is 2.13 bits per heavy atom. The number of nitro groups is 1. The van der Waals surface area contributed by atoms with Crippen molar-refractivity contribution in [2.75, 3.05) is 6.54 Å². The van der Waals surface area contributed by atoms with E-state index in [1.54, 1.807) is 29.7 Å². The molecule has 5 amide bonds. The normalized spacial score (nSPS) is 13.2. The molecule has 17 nitrogen and oxygen atoms in total. The number of nitrogens with two attached hydrogens (primary N) is 2. The summed E-state index contributed by atoms with van der Waals surface area (Å²) in [5.74, 6) is -1.56. The summed E-state index contributed by atoms with van der Waals surface area (Å²) in [6.07, 6.45) is 1.38. The molecule has 2 aromatic carbocycles. The van der Waals surface area contributed by atoms with Crippen molar-refractivity contribution >= 4 is 36.1 Å². The fourth-order valence-electron chi connectivity index (χ4n) is 4.24. The molecule has 0 saturated heterocycles. The fraction of sp³-hybridized carbons (Fsp3) is 0.400. The minimum absolute atomic E-state index is 0.00241. The molecule has 0 heterocycles. The van der Waals surface area contributed by atoms with Crippen LogP contribution in [0.4, 0.5) is 9.59 Å². The lowest BCUT2D eigenvalue weighted by atomic mass is 10.0. The van der Waals surface area contributed by atoms with Crippen molar-refractivity contribution in [1.29, 1.82) is 0 Å². The summed E-state index contributed by atoms with van der Waals surface area (Å²) < 4.78 is 5.33. The first-order valence-corrected chi connectivity index (χ1v) is 14.8. The molecule has 17 heteroatoms. The third kappa shape index (κ3) is 16.2. The van der Waals surface area contributed by atoms with Gasteiger partial charge in [0.1, 0.15) is 18.7 Å². The summed E-state index contributed by atoms with van der Waals surface area (Å²) in [6, 6.07) is 14.4. The number of alkyl carbamates (subject to hydrolysis) is 1. The van der Waals surface area contributed by atoms with Crippen LogP contribution in [0.15, 0.2) is 70.8 Å². The van der Waals surface area contributed by atoms with Gasteiger partial charge in [0.15, 0.2) is 5.03 Å². The Morgan fingerprint density at radius 1 is 0.915 bits per heavy atom. The van der Waals surface area contributed by atoms with Crippen LogP contribution in [-0.4, -0.2) is 65.8 Å². The molecule has 0 unspecified atom stereocenters. The van der Waals surface area contributed by atoms with E-state index < -0.39 is 47.1 Å². The Hall–Kier alpha value is -5.74. The number of rotatable bonds is 18. The standard InChI is InChI=1S/C30H42N10O7/c1-20(2)16-24(26(41)35-23(18-34-38-29(32)43)14-9-15-33-28(31)39-40(45)46)36-27(42)25(17-21-10-5-3-6-11-21)37-30(44)47-19-22-12-7-4-8-13-22/h3-8,10-13,18,20,23-25H,9,14-17,19H2,1-2H3,(H,35,41)(H,36,42)(H,37,44)(H3,31,33,39)(H3,32,38,43)/b34-18+/t23-,24-,25-/m0/s1. The number of guanidine groups is 1. The average Bonchev–Trinajstić information content (AvgIpc) is 3.01. The van der Waals surface area contributed by atoms with Crippen LogP contribution in [0, 0.1) is 16.0 Å². The molecule has 3 atom stereocenters. The first-order chi connectivity index (χ1) is 22.4. The van der Waals surface area contributed by atoms with Crippen molar-refractivity contribution in [2.45, 2.75) is 64.3 Å². The monoisotopic (exact) mass is 654 g/mol. The lowest BCUT2D eigenvalue weighted by molar-refractivity contribution is -0.525. The molecule has 0 aliphatic carbocycles. The largest absolute Gasteiger partial charge is 0.445 e. The van der Waals surface area contributed by atoms with Crippen LogP contribution in [0.5, 0.6) is 0 Å². The number of hydrazine groups is 1. The van der Waals surface area contributed by atoms with E-state index in [2.05, 4.69) is 31.5 Å². The van der Waals surface area contributed by atoms with Crippen LogP contribution in [0.25, 0.3) is 0 Å².